The van der Waals surface area contributed by atoms with E-state index < -0.39 is 5.91 Å². The molecule has 5 nitrogen and oxygen atoms in total. The summed E-state index contributed by atoms with van der Waals surface area (Å²) in [5.41, 5.74) is 1.57. The summed E-state index contributed by atoms with van der Waals surface area (Å²) >= 11 is 6.11. The predicted molar refractivity (Wildman–Crippen MR) is 103 cm³/mol. The van der Waals surface area contributed by atoms with Crippen molar-refractivity contribution in [2.75, 3.05) is 25.6 Å². The molecule has 0 aliphatic rings. The van der Waals surface area contributed by atoms with Crippen molar-refractivity contribution in [3.8, 4) is 5.75 Å². The molecule has 0 aromatic heterocycles. The first kappa shape index (κ1) is 20.9. The van der Waals surface area contributed by atoms with Gasteiger partial charge in [0, 0.05) is 25.1 Å². The molecule has 0 saturated carbocycles. The third kappa shape index (κ3) is 7.11. The molecule has 0 bridgehead atoms. The van der Waals surface area contributed by atoms with E-state index >= 15 is 0 Å². The smallest absolute Gasteiger partial charge is 0.256 e. The van der Waals surface area contributed by atoms with Gasteiger partial charge in [-0.3, -0.25) is 4.79 Å². The summed E-state index contributed by atoms with van der Waals surface area (Å²) in [6, 6.07) is 7.09. The Kier molecular flexibility index (Phi) is 8.95. The molecule has 0 spiro atoms. The predicted octanol–water partition coefficient (Wildman–Crippen LogP) is 4.54. The second-order valence-corrected chi connectivity index (χ2v) is 5.95. The molecule has 1 amide bonds. The fourth-order valence-corrected chi connectivity index (χ4v) is 2.10. The third-order valence-corrected chi connectivity index (χ3v) is 4.07. The largest absolute Gasteiger partial charge is 0.494 e. The van der Waals surface area contributed by atoms with Gasteiger partial charge < -0.3 is 20.2 Å². The maximum absolute atomic E-state index is 12.2. The standard InChI is InChI=1S/C19H25ClN2O3/c1-13(15(3)21)18(20)14(2)19(23)22-16-7-9-17(10-8-16)25-12-6-5-11-24-4/h7-10,21H,2,5-6,11-12H2,1,3-4H3,(H,22,23)/b18-13-,21-15?. The van der Waals surface area contributed by atoms with Crippen molar-refractivity contribution >= 4 is 28.9 Å². The van der Waals surface area contributed by atoms with E-state index in [9.17, 15) is 4.79 Å². The van der Waals surface area contributed by atoms with E-state index in [-0.39, 0.29) is 10.6 Å². The van der Waals surface area contributed by atoms with Crippen LogP contribution in [-0.4, -0.2) is 31.9 Å². The van der Waals surface area contributed by atoms with Crippen LogP contribution in [0.4, 0.5) is 5.69 Å². The van der Waals surface area contributed by atoms with Gasteiger partial charge >= 0.3 is 0 Å². The molecule has 0 fully saturated rings. The summed E-state index contributed by atoms with van der Waals surface area (Å²) in [7, 11) is 1.68. The van der Waals surface area contributed by atoms with Gasteiger partial charge in [0.15, 0.2) is 0 Å². The summed E-state index contributed by atoms with van der Waals surface area (Å²) in [4.78, 5) is 12.2. The summed E-state index contributed by atoms with van der Waals surface area (Å²) in [5, 5.41) is 10.5. The SMILES string of the molecule is C=C(C(=O)Nc1ccc(OCCCCOC)cc1)/C(Cl)=C(\C)C(C)=N. The molecule has 1 rings (SSSR count). The molecule has 25 heavy (non-hydrogen) atoms. The normalized spacial score (nSPS) is 11.5. The van der Waals surface area contributed by atoms with Crippen molar-refractivity contribution in [1.82, 2.24) is 0 Å². The van der Waals surface area contributed by atoms with E-state index in [1.165, 1.54) is 0 Å². The van der Waals surface area contributed by atoms with Gasteiger partial charge in [0.2, 0.25) is 0 Å². The van der Waals surface area contributed by atoms with Gasteiger partial charge in [-0.1, -0.05) is 18.2 Å². The molecule has 0 heterocycles. The van der Waals surface area contributed by atoms with Crippen molar-refractivity contribution in [2.24, 2.45) is 0 Å². The molecule has 0 unspecified atom stereocenters. The molecule has 0 saturated heterocycles. The van der Waals surface area contributed by atoms with Crippen molar-refractivity contribution in [3.05, 3.63) is 47.0 Å². The Bertz CT molecular complexity index is 651. The second kappa shape index (κ2) is 10.7. The van der Waals surface area contributed by atoms with Crippen molar-refractivity contribution in [1.29, 1.82) is 5.41 Å². The van der Waals surface area contributed by atoms with Crippen LogP contribution in [0.5, 0.6) is 5.75 Å². The maximum Gasteiger partial charge on any atom is 0.256 e. The monoisotopic (exact) mass is 364 g/mol. The first-order chi connectivity index (χ1) is 11.9. The summed E-state index contributed by atoms with van der Waals surface area (Å²) in [6.07, 6.45) is 1.87. The lowest BCUT2D eigenvalue weighted by Crippen LogP contribution is -2.15. The molecule has 136 valence electrons. The third-order valence-electron chi connectivity index (χ3n) is 3.55. The Morgan fingerprint density at radius 3 is 2.36 bits per heavy atom. The number of nitrogens with one attached hydrogen (secondary N) is 2. The lowest BCUT2D eigenvalue weighted by molar-refractivity contribution is -0.112. The molecular weight excluding hydrogens is 340 g/mol. The summed E-state index contributed by atoms with van der Waals surface area (Å²) < 4.78 is 10.6. The summed E-state index contributed by atoms with van der Waals surface area (Å²) in [6.45, 7) is 8.34. The molecular formula is C19H25ClN2O3. The molecule has 1 aromatic rings. The van der Waals surface area contributed by atoms with E-state index in [2.05, 4.69) is 11.9 Å². The molecule has 0 aliphatic carbocycles. The molecule has 1 aromatic carbocycles. The van der Waals surface area contributed by atoms with Gasteiger partial charge in [0.1, 0.15) is 5.75 Å². The molecule has 0 radical (unpaired) electrons. The number of amides is 1. The van der Waals surface area contributed by atoms with Crippen LogP contribution < -0.4 is 10.1 Å². The van der Waals surface area contributed by atoms with Crippen LogP contribution in [0.2, 0.25) is 0 Å². The minimum absolute atomic E-state index is 0.129. The Morgan fingerprint density at radius 2 is 1.80 bits per heavy atom. The number of hydrogen-bond acceptors (Lipinski definition) is 4. The average Bonchev–Trinajstić information content (AvgIpc) is 2.60. The Morgan fingerprint density at radius 1 is 1.20 bits per heavy atom. The number of methoxy groups -OCH3 is 1. The lowest BCUT2D eigenvalue weighted by Gasteiger charge is -2.10. The van der Waals surface area contributed by atoms with E-state index in [1.54, 1.807) is 45.2 Å². The number of hydrogen-bond donors (Lipinski definition) is 2. The minimum Gasteiger partial charge on any atom is -0.494 e. The van der Waals surface area contributed by atoms with E-state index in [0.29, 0.717) is 23.6 Å². The van der Waals surface area contributed by atoms with Crippen LogP contribution in [0.15, 0.2) is 47.0 Å². The number of ether oxygens (including phenoxy) is 2. The number of halogens is 1. The quantitative estimate of drug-likeness (QED) is 0.277. The number of unbranched alkanes of at least 4 members (excludes halogenated alkanes) is 1. The van der Waals surface area contributed by atoms with Crippen LogP contribution >= 0.6 is 11.6 Å². The number of carbonyl (C=O) groups is 1. The topological polar surface area (TPSA) is 71.4 Å². The Labute approximate surface area is 154 Å². The number of anilines is 1. The van der Waals surface area contributed by atoms with Crippen LogP contribution in [-0.2, 0) is 9.53 Å². The van der Waals surface area contributed by atoms with Gasteiger partial charge in [-0.2, -0.15) is 0 Å². The highest BCUT2D eigenvalue weighted by atomic mass is 35.5. The lowest BCUT2D eigenvalue weighted by atomic mass is 10.1. The zero-order valence-corrected chi connectivity index (χ0v) is 15.7. The average molecular weight is 365 g/mol. The highest BCUT2D eigenvalue weighted by Gasteiger charge is 2.14. The Hall–Kier alpha value is -2.11. The van der Waals surface area contributed by atoms with Crippen LogP contribution in [0.25, 0.3) is 0 Å². The number of rotatable bonds is 10. The molecule has 6 heteroatoms. The van der Waals surface area contributed by atoms with E-state index in [4.69, 9.17) is 26.5 Å². The number of benzene rings is 1. The maximum atomic E-state index is 12.2. The highest BCUT2D eigenvalue weighted by molar-refractivity contribution is 6.38. The van der Waals surface area contributed by atoms with Gasteiger partial charge in [-0.15, -0.1) is 0 Å². The van der Waals surface area contributed by atoms with Crippen LogP contribution in [0.3, 0.4) is 0 Å². The van der Waals surface area contributed by atoms with E-state index in [1.807, 2.05) is 0 Å². The van der Waals surface area contributed by atoms with Gasteiger partial charge in [0.25, 0.3) is 5.91 Å². The summed E-state index contributed by atoms with van der Waals surface area (Å²) in [5.74, 6) is 0.335. The fraction of sp³-hybridized carbons (Fsp3) is 0.368. The van der Waals surface area contributed by atoms with Gasteiger partial charge in [0.05, 0.1) is 17.2 Å². The fourth-order valence-electron chi connectivity index (χ4n) is 1.87. The molecule has 0 atom stereocenters. The van der Waals surface area contributed by atoms with E-state index in [0.717, 1.165) is 25.2 Å². The first-order valence-electron chi connectivity index (χ1n) is 8.01. The zero-order chi connectivity index (χ0) is 18.8. The minimum atomic E-state index is -0.404. The van der Waals surface area contributed by atoms with Crippen LogP contribution in [0, 0.1) is 5.41 Å². The second-order valence-electron chi connectivity index (χ2n) is 5.57. The highest BCUT2D eigenvalue weighted by Crippen LogP contribution is 2.21. The molecule has 2 N–H and O–H groups in total. The molecule has 0 aliphatic heterocycles. The van der Waals surface area contributed by atoms with Crippen molar-refractivity contribution < 1.29 is 14.3 Å². The number of allylic oxidation sites excluding steroid dienone is 1. The van der Waals surface area contributed by atoms with Gasteiger partial charge in [-0.05, 0) is 56.5 Å². The Balaban J connectivity index is 2.57. The number of carbonyl (C=O) groups excluding carboxylic acids is 1. The first-order valence-corrected chi connectivity index (χ1v) is 8.39. The van der Waals surface area contributed by atoms with Crippen molar-refractivity contribution in [3.63, 3.8) is 0 Å². The van der Waals surface area contributed by atoms with Crippen molar-refractivity contribution in [2.45, 2.75) is 26.7 Å². The van der Waals surface area contributed by atoms with Gasteiger partial charge in [-0.25, -0.2) is 0 Å². The van der Waals surface area contributed by atoms with Crippen LogP contribution in [0.1, 0.15) is 26.7 Å². The zero-order valence-electron chi connectivity index (χ0n) is 14.9.